The minimum absolute atomic E-state index is 0.000645. The molecule has 0 aliphatic rings. The summed E-state index contributed by atoms with van der Waals surface area (Å²) < 4.78 is 96.3. The van der Waals surface area contributed by atoms with Crippen molar-refractivity contribution in [3.8, 4) is 5.75 Å². The van der Waals surface area contributed by atoms with Gasteiger partial charge < -0.3 is 10.1 Å². The van der Waals surface area contributed by atoms with E-state index in [9.17, 15) is 35.5 Å². The van der Waals surface area contributed by atoms with Crippen LogP contribution in [0.1, 0.15) is 70.4 Å². The second-order valence-corrected chi connectivity index (χ2v) is 8.65. The van der Waals surface area contributed by atoms with E-state index in [0.29, 0.717) is 37.9 Å². The van der Waals surface area contributed by atoms with Crippen LogP contribution in [0.4, 0.5) is 30.7 Å². The van der Waals surface area contributed by atoms with E-state index in [2.05, 4.69) is 5.32 Å². The molecule has 198 valence electrons. The van der Waals surface area contributed by atoms with Crippen molar-refractivity contribution in [2.45, 2.75) is 71.6 Å². The van der Waals surface area contributed by atoms with Gasteiger partial charge in [0, 0.05) is 6.54 Å². The number of carbonyl (C=O) groups excluding carboxylic acids is 1. The molecule has 0 aliphatic carbocycles. The summed E-state index contributed by atoms with van der Waals surface area (Å²) >= 11 is 0. The van der Waals surface area contributed by atoms with Gasteiger partial charge in [0.1, 0.15) is 5.75 Å². The highest BCUT2D eigenvalue weighted by molar-refractivity contribution is 5.92. The number of ether oxygens (including phenoxy) is 1. The number of rotatable bonds is 13. The standard InChI is InChI=1S/C25H32F7NO2/c1-17(2)16-33-23(34)22(26)18(3)11-9-7-5-4-6-8-10-12-35-21-14-19(24(27,28)29)13-20(15-21)25(30,31)32/h9,11,13-15,17H,4-8,10,12,16H2,1-3H3,(H,33,34). The molecule has 0 heterocycles. The number of allylic oxidation sites excluding steroid dienone is 3. The Hall–Kier alpha value is -2.52. The Balaban J connectivity index is 2.35. The first kappa shape index (κ1) is 30.5. The van der Waals surface area contributed by atoms with Gasteiger partial charge in [0.25, 0.3) is 5.91 Å². The summed E-state index contributed by atoms with van der Waals surface area (Å²) in [7, 11) is 0. The van der Waals surface area contributed by atoms with Crippen LogP contribution in [0, 0.1) is 5.92 Å². The maximum absolute atomic E-state index is 14.0. The molecule has 0 aliphatic heterocycles. The summed E-state index contributed by atoms with van der Waals surface area (Å²) in [5.41, 5.74) is -2.57. The number of carbonyl (C=O) groups is 1. The highest BCUT2D eigenvalue weighted by Crippen LogP contribution is 2.38. The van der Waals surface area contributed by atoms with Gasteiger partial charge in [-0.3, -0.25) is 4.79 Å². The van der Waals surface area contributed by atoms with Crippen molar-refractivity contribution in [2.24, 2.45) is 5.92 Å². The Labute approximate surface area is 201 Å². The van der Waals surface area contributed by atoms with Gasteiger partial charge in [0.15, 0.2) is 5.83 Å². The number of halogens is 7. The van der Waals surface area contributed by atoms with Crippen molar-refractivity contribution in [2.75, 3.05) is 13.2 Å². The van der Waals surface area contributed by atoms with Crippen molar-refractivity contribution in [1.29, 1.82) is 0 Å². The molecule has 0 atom stereocenters. The van der Waals surface area contributed by atoms with Crippen LogP contribution in [0.15, 0.2) is 41.8 Å². The van der Waals surface area contributed by atoms with Crippen LogP contribution in [-0.2, 0) is 17.1 Å². The summed E-state index contributed by atoms with van der Waals surface area (Å²) in [6.45, 7) is 5.72. The molecule has 0 fully saturated rings. The maximum Gasteiger partial charge on any atom is 0.416 e. The Kier molecular flexibility index (Phi) is 12.3. The fourth-order valence-corrected chi connectivity index (χ4v) is 2.98. The average molecular weight is 512 g/mol. The second-order valence-electron chi connectivity index (χ2n) is 8.65. The van der Waals surface area contributed by atoms with Gasteiger partial charge in [-0.15, -0.1) is 0 Å². The minimum atomic E-state index is -4.91. The third-order valence-electron chi connectivity index (χ3n) is 4.93. The Morgan fingerprint density at radius 3 is 2.03 bits per heavy atom. The molecule has 1 amide bonds. The molecule has 0 bridgehead atoms. The van der Waals surface area contributed by atoms with Crippen molar-refractivity contribution in [3.05, 3.63) is 52.9 Å². The highest BCUT2D eigenvalue weighted by atomic mass is 19.4. The van der Waals surface area contributed by atoms with Crippen LogP contribution < -0.4 is 10.1 Å². The molecule has 1 rings (SSSR count). The van der Waals surface area contributed by atoms with Gasteiger partial charge in [0.2, 0.25) is 0 Å². The number of alkyl halides is 6. The van der Waals surface area contributed by atoms with E-state index in [0.717, 1.165) is 19.3 Å². The predicted molar refractivity (Wildman–Crippen MR) is 120 cm³/mol. The zero-order chi connectivity index (χ0) is 26.6. The lowest BCUT2D eigenvalue weighted by Gasteiger charge is -2.14. The Morgan fingerprint density at radius 1 is 0.943 bits per heavy atom. The third kappa shape index (κ3) is 12.1. The molecule has 1 aromatic rings. The monoisotopic (exact) mass is 511 g/mol. The summed E-state index contributed by atoms with van der Waals surface area (Å²) in [4.78, 5) is 11.7. The molecule has 35 heavy (non-hydrogen) atoms. The maximum atomic E-state index is 14.0. The average Bonchev–Trinajstić information content (AvgIpc) is 2.76. The molecular weight excluding hydrogens is 479 g/mol. The summed E-state index contributed by atoms with van der Waals surface area (Å²) in [6.07, 6.45) is -2.18. The number of benzene rings is 1. The molecule has 0 saturated carbocycles. The van der Waals surface area contributed by atoms with Gasteiger partial charge in [-0.05, 0) is 55.9 Å². The molecule has 0 unspecified atom stereocenters. The highest BCUT2D eigenvalue weighted by Gasteiger charge is 2.37. The van der Waals surface area contributed by atoms with E-state index in [-0.39, 0.29) is 24.2 Å². The summed E-state index contributed by atoms with van der Waals surface area (Å²) in [5, 5.41) is 2.51. The predicted octanol–water partition coefficient (Wildman–Crippen LogP) is 8.02. The Morgan fingerprint density at radius 2 is 1.49 bits per heavy atom. The Bertz CT molecular complexity index is 839. The fraction of sp³-hybridized carbons (Fsp3) is 0.560. The smallest absolute Gasteiger partial charge is 0.416 e. The third-order valence-corrected chi connectivity index (χ3v) is 4.93. The summed E-state index contributed by atoms with van der Waals surface area (Å²) in [6, 6.07) is 1.19. The van der Waals surface area contributed by atoms with Crippen molar-refractivity contribution >= 4 is 5.91 Å². The molecule has 0 spiro atoms. The molecule has 3 nitrogen and oxygen atoms in total. The van der Waals surface area contributed by atoms with Crippen molar-refractivity contribution in [1.82, 2.24) is 5.32 Å². The van der Waals surface area contributed by atoms with E-state index in [4.69, 9.17) is 4.74 Å². The largest absolute Gasteiger partial charge is 0.494 e. The zero-order valence-electron chi connectivity index (χ0n) is 20.1. The molecule has 10 heteroatoms. The molecule has 0 aromatic heterocycles. The number of amides is 1. The van der Waals surface area contributed by atoms with Crippen molar-refractivity contribution in [3.63, 3.8) is 0 Å². The normalized spacial score (nSPS) is 13.3. The molecular formula is C25H32F7NO2. The van der Waals surface area contributed by atoms with E-state index >= 15 is 0 Å². The van der Waals surface area contributed by atoms with Gasteiger partial charge in [-0.2, -0.15) is 26.3 Å². The van der Waals surface area contributed by atoms with Crippen molar-refractivity contribution < 1.29 is 40.3 Å². The first-order chi connectivity index (χ1) is 16.2. The number of unbranched alkanes of at least 4 members (excludes halogenated alkanes) is 5. The lowest BCUT2D eigenvalue weighted by Crippen LogP contribution is -2.27. The van der Waals surface area contributed by atoms with Gasteiger partial charge in [-0.1, -0.05) is 45.3 Å². The van der Waals surface area contributed by atoms with E-state index in [1.54, 1.807) is 12.2 Å². The van der Waals surface area contributed by atoms with E-state index < -0.39 is 41.0 Å². The molecule has 0 saturated heterocycles. The number of nitrogens with one attached hydrogen (secondary N) is 1. The second kappa shape index (κ2) is 14.1. The SMILES string of the molecule is CC(C=CCCCCCCCOc1cc(C(F)(F)F)cc(C(F)(F)F)c1)=C(F)C(=O)NCC(C)C. The molecule has 1 N–H and O–H groups in total. The van der Waals surface area contributed by atoms with Gasteiger partial charge in [-0.25, -0.2) is 4.39 Å². The minimum Gasteiger partial charge on any atom is -0.494 e. The van der Waals surface area contributed by atoms with Crippen LogP contribution in [0.2, 0.25) is 0 Å². The molecule has 0 radical (unpaired) electrons. The number of hydrogen-bond donors (Lipinski definition) is 1. The number of hydrogen-bond acceptors (Lipinski definition) is 2. The van der Waals surface area contributed by atoms with E-state index in [1.165, 1.54) is 6.92 Å². The van der Waals surface area contributed by atoms with Crippen LogP contribution in [0.5, 0.6) is 5.75 Å². The van der Waals surface area contributed by atoms with E-state index in [1.807, 2.05) is 13.8 Å². The zero-order valence-corrected chi connectivity index (χ0v) is 20.1. The van der Waals surface area contributed by atoms with Gasteiger partial charge >= 0.3 is 12.4 Å². The first-order valence-corrected chi connectivity index (χ1v) is 11.4. The molecule has 1 aromatic carbocycles. The van der Waals surface area contributed by atoms with Crippen LogP contribution in [0.3, 0.4) is 0 Å². The van der Waals surface area contributed by atoms with Crippen LogP contribution in [-0.4, -0.2) is 19.1 Å². The fourth-order valence-electron chi connectivity index (χ4n) is 2.98. The van der Waals surface area contributed by atoms with Crippen LogP contribution in [0.25, 0.3) is 0 Å². The first-order valence-electron chi connectivity index (χ1n) is 11.4. The lowest BCUT2D eigenvalue weighted by molar-refractivity contribution is -0.143. The van der Waals surface area contributed by atoms with Gasteiger partial charge in [0.05, 0.1) is 17.7 Å². The summed E-state index contributed by atoms with van der Waals surface area (Å²) in [5.74, 6) is -1.80. The quantitative estimate of drug-likeness (QED) is 0.126. The van der Waals surface area contributed by atoms with Crippen LogP contribution >= 0.6 is 0 Å². The topological polar surface area (TPSA) is 38.3 Å². The lowest BCUT2D eigenvalue weighted by atomic mass is 10.1.